The fourth-order valence-corrected chi connectivity index (χ4v) is 2.11. The van der Waals surface area contributed by atoms with Crippen molar-refractivity contribution < 1.29 is 14.4 Å². The zero-order chi connectivity index (χ0) is 15.6. The van der Waals surface area contributed by atoms with Gasteiger partial charge in [-0.3, -0.25) is 14.4 Å². The second-order valence-corrected chi connectivity index (χ2v) is 7.50. The molecule has 1 fully saturated rings. The minimum absolute atomic E-state index is 0.0682. The van der Waals surface area contributed by atoms with Crippen LogP contribution in [0.5, 0.6) is 0 Å². The van der Waals surface area contributed by atoms with E-state index in [2.05, 4.69) is 5.48 Å². The van der Waals surface area contributed by atoms with Gasteiger partial charge in [0.1, 0.15) is 0 Å². The number of carbonyl (C=O) groups is 2. The molecule has 20 heavy (non-hydrogen) atoms. The van der Waals surface area contributed by atoms with E-state index in [-0.39, 0.29) is 23.1 Å². The molecule has 1 N–H and O–H groups in total. The van der Waals surface area contributed by atoms with Crippen molar-refractivity contribution >= 4 is 11.8 Å². The molecular formula is C15H28N2O3. The fourth-order valence-electron chi connectivity index (χ4n) is 2.11. The molecule has 1 saturated heterocycles. The van der Waals surface area contributed by atoms with Crippen LogP contribution in [0.4, 0.5) is 0 Å². The Morgan fingerprint density at radius 3 is 1.95 bits per heavy atom. The number of hydroxylamine groups is 1. The number of nitrogens with zero attached hydrogens (tertiary/aromatic N) is 1. The van der Waals surface area contributed by atoms with Gasteiger partial charge in [0.15, 0.2) is 0 Å². The quantitative estimate of drug-likeness (QED) is 0.790. The molecule has 1 heterocycles. The van der Waals surface area contributed by atoms with Crippen LogP contribution in [0.15, 0.2) is 0 Å². The molecule has 2 amide bonds. The number of piperidine rings is 1. The van der Waals surface area contributed by atoms with Crippen LogP contribution < -0.4 is 5.48 Å². The molecule has 0 bridgehead atoms. The average molecular weight is 284 g/mol. The maximum absolute atomic E-state index is 12.2. The average Bonchev–Trinajstić information content (AvgIpc) is 2.33. The van der Waals surface area contributed by atoms with Crippen LogP contribution in [0.2, 0.25) is 0 Å². The molecule has 116 valence electrons. The van der Waals surface area contributed by atoms with E-state index in [0.29, 0.717) is 25.9 Å². The zero-order valence-corrected chi connectivity index (χ0v) is 13.6. The first kappa shape index (κ1) is 17.0. The summed E-state index contributed by atoms with van der Waals surface area (Å²) in [4.78, 5) is 31.3. The number of rotatable bonds is 2. The first-order chi connectivity index (χ1) is 9.00. The van der Waals surface area contributed by atoms with Crippen molar-refractivity contribution in [3.63, 3.8) is 0 Å². The predicted octanol–water partition coefficient (Wildman–Crippen LogP) is 2.12. The number of nitrogens with one attached hydrogen (secondary N) is 1. The van der Waals surface area contributed by atoms with Crippen molar-refractivity contribution in [3.05, 3.63) is 0 Å². The van der Waals surface area contributed by atoms with Gasteiger partial charge in [0, 0.05) is 24.4 Å². The van der Waals surface area contributed by atoms with E-state index in [0.717, 1.165) is 0 Å². The van der Waals surface area contributed by atoms with Crippen LogP contribution >= 0.6 is 0 Å². The van der Waals surface area contributed by atoms with E-state index in [9.17, 15) is 9.59 Å². The lowest BCUT2D eigenvalue weighted by Crippen LogP contribution is -2.47. The maximum atomic E-state index is 12.2. The Morgan fingerprint density at radius 1 is 1.05 bits per heavy atom. The first-order valence-corrected chi connectivity index (χ1v) is 7.28. The van der Waals surface area contributed by atoms with Crippen molar-refractivity contribution in [1.82, 2.24) is 10.4 Å². The molecule has 0 radical (unpaired) electrons. The standard InChI is InChI=1S/C15H28N2O3/c1-14(2,3)13(19)17-9-7-11(8-10-17)12(18)16-20-15(4,5)6/h11H,7-10H2,1-6H3,(H,16,18). The SMILES string of the molecule is CC(C)(C)ONC(=O)C1CCN(C(=O)C(C)(C)C)CC1. The van der Waals surface area contributed by atoms with E-state index >= 15 is 0 Å². The highest BCUT2D eigenvalue weighted by Gasteiger charge is 2.32. The molecular weight excluding hydrogens is 256 g/mol. The smallest absolute Gasteiger partial charge is 0.246 e. The summed E-state index contributed by atoms with van der Waals surface area (Å²) in [5, 5.41) is 0. The van der Waals surface area contributed by atoms with Crippen LogP contribution in [0.25, 0.3) is 0 Å². The number of hydrogen-bond donors (Lipinski definition) is 1. The van der Waals surface area contributed by atoms with Gasteiger partial charge in [-0.25, -0.2) is 5.48 Å². The van der Waals surface area contributed by atoms with Gasteiger partial charge in [0.2, 0.25) is 11.8 Å². The van der Waals surface area contributed by atoms with Gasteiger partial charge < -0.3 is 4.90 Å². The van der Waals surface area contributed by atoms with Crippen molar-refractivity contribution in [1.29, 1.82) is 0 Å². The van der Waals surface area contributed by atoms with Crippen LogP contribution in [0.1, 0.15) is 54.4 Å². The highest BCUT2D eigenvalue weighted by Crippen LogP contribution is 2.23. The molecule has 1 rings (SSSR count). The lowest BCUT2D eigenvalue weighted by atomic mass is 9.91. The highest BCUT2D eigenvalue weighted by molar-refractivity contribution is 5.82. The Hall–Kier alpha value is -1.10. The summed E-state index contributed by atoms with van der Waals surface area (Å²) in [7, 11) is 0. The third-order valence-electron chi connectivity index (χ3n) is 3.25. The second-order valence-electron chi connectivity index (χ2n) is 7.50. The first-order valence-electron chi connectivity index (χ1n) is 7.28. The van der Waals surface area contributed by atoms with Crippen LogP contribution in [0.3, 0.4) is 0 Å². The van der Waals surface area contributed by atoms with Gasteiger partial charge >= 0.3 is 0 Å². The largest absolute Gasteiger partial charge is 0.342 e. The third-order valence-corrected chi connectivity index (χ3v) is 3.25. The van der Waals surface area contributed by atoms with Gasteiger partial charge in [-0.2, -0.15) is 0 Å². The van der Waals surface area contributed by atoms with Gasteiger partial charge in [-0.15, -0.1) is 0 Å². The number of likely N-dealkylation sites (tertiary alicyclic amines) is 1. The molecule has 0 aromatic heterocycles. The fraction of sp³-hybridized carbons (Fsp3) is 0.867. The minimum Gasteiger partial charge on any atom is -0.342 e. The minimum atomic E-state index is -0.390. The maximum Gasteiger partial charge on any atom is 0.246 e. The summed E-state index contributed by atoms with van der Waals surface area (Å²) in [6.45, 7) is 12.7. The summed E-state index contributed by atoms with van der Waals surface area (Å²) in [6, 6.07) is 0. The van der Waals surface area contributed by atoms with Gasteiger partial charge in [0.25, 0.3) is 0 Å². The molecule has 0 atom stereocenters. The van der Waals surface area contributed by atoms with Gasteiger partial charge in [-0.1, -0.05) is 20.8 Å². The molecule has 5 nitrogen and oxygen atoms in total. The topological polar surface area (TPSA) is 58.6 Å². The van der Waals surface area contributed by atoms with Crippen LogP contribution in [-0.4, -0.2) is 35.4 Å². The highest BCUT2D eigenvalue weighted by atomic mass is 16.7. The van der Waals surface area contributed by atoms with E-state index in [1.165, 1.54) is 0 Å². The monoisotopic (exact) mass is 284 g/mol. The third kappa shape index (κ3) is 5.12. The van der Waals surface area contributed by atoms with Crippen molar-refractivity contribution in [2.45, 2.75) is 60.0 Å². The summed E-state index contributed by atoms with van der Waals surface area (Å²) < 4.78 is 0. The molecule has 1 aliphatic heterocycles. The lowest BCUT2D eigenvalue weighted by Gasteiger charge is -2.35. The van der Waals surface area contributed by atoms with Crippen LogP contribution in [-0.2, 0) is 14.4 Å². The molecule has 0 saturated carbocycles. The zero-order valence-electron chi connectivity index (χ0n) is 13.6. The lowest BCUT2D eigenvalue weighted by molar-refractivity contribution is -0.153. The predicted molar refractivity (Wildman–Crippen MR) is 77.7 cm³/mol. The molecule has 0 unspecified atom stereocenters. The normalized spacial score (nSPS) is 18.0. The summed E-state index contributed by atoms with van der Waals surface area (Å²) in [5.74, 6) is 0.00597. The van der Waals surface area contributed by atoms with Crippen molar-refractivity contribution in [2.75, 3.05) is 13.1 Å². The van der Waals surface area contributed by atoms with E-state index in [1.54, 1.807) is 0 Å². The van der Waals surface area contributed by atoms with E-state index < -0.39 is 5.60 Å². The second kappa shape index (κ2) is 6.12. The summed E-state index contributed by atoms with van der Waals surface area (Å²) in [6.07, 6.45) is 1.39. The summed E-state index contributed by atoms with van der Waals surface area (Å²) >= 11 is 0. The number of hydrogen-bond acceptors (Lipinski definition) is 3. The van der Waals surface area contributed by atoms with Gasteiger partial charge in [0.05, 0.1) is 5.60 Å². The Bertz CT molecular complexity index is 358. The Balaban J connectivity index is 2.42. The molecule has 5 heteroatoms. The number of amides is 2. The summed E-state index contributed by atoms with van der Waals surface area (Å²) in [5.41, 5.74) is 1.78. The Morgan fingerprint density at radius 2 is 1.55 bits per heavy atom. The molecule has 0 aliphatic carbocycles. The van der Waals surface area contributed by atoms with Crippen LogP contribution in [0, 0.1) is 11.3 Å². The molecule has 0 spiro atoms. The number of carbonyl (C=O) groups excluding carboxylic acids is 2. The Kier molecular flexibility index (Phi) is 5.19. The molecule has 0 aromatic rings. The Labute approximate surface area is 122 Å². The van der Waals surface area contributed by atoms with Crippen molar-refractivity contribution in [3.8, 4) is 0 Å². The molecule has 0 aromatic carbocycles. The molecule has 1 aliphatic rings. The van der Waals surface area contributed by atoms with Gasteiger partial charge in [-0.05, 0) is 33.6 Å². The van der Waals surface area contributed by atoms with Crippen molar-refractivity contribution in [2.24, 2.45) is 11.3 Å². The van der Waals surface area contributed by atoms with E-state index in [4.69, 9.17) is 4.84 Å². The van der Waals surface area contributed by atoms with E-state index in [1.807, 2.05) is 46.4 Å².